The van der Waals surface area contributed by atoms with Crippen LogP contribution in [-0.2, 0) is 7.05 Å². The van der Waals surface area contributed by atoms with Crippen LogP contribution < -0.4 is 5.32 Å². The monoisotopic (exact) mass is 380 g/mol. The van der Waals surface area contributed by atoms with Gasteiger partial charge in [0.15, 0.2) is 5.16 Å². The lowest BCUT2D eigenvalue weighted by Crippen LogP contribution is -2.12. The molecule has 0 aliphatic heterocycles. The van der Waals surface area contributed by atoms with Gasteiger partial charge in [0, 0.05) is 23.5 Å². The van der Waals surface area contributed by atoms with Crippen molar-refractivity contribution < 1.29 is 4.79 Å². The molecule has 1 heterocycles. The number of benzene rings is 2. The van der Waals surface area contributed by atoms with Crippen LogP contribution in [0.5, 0.6) is 0 Å². The zero-order valence-corrected chi connectivity index (χ0v) is 16.8. The van der Waals surface area contributed by atoms with Crippen molar-refractivity contribution in [2.75, 3.05) is 5.32 Å². The van der Waals surface area contributed by atoms with Crippen LogP contribution >= 0.6 is 11.8 Å². The number of rotatable bonds is 6. The molecule has 1 aromatic heterocycles. The molecule has 1 atom stereocenters. The van der Waals surface area contributed by atoms with Crippen LogP contribution in [0, 0.1) is 0 Å². The van der Waals surface area contributed by atoms with Crippen molar-refractivity contribution in [1.29, 1.82) is 0 Å². The zero-order valence-electron chi connectivity index (χ0n) is 16.0. The van der Waals surface area contributed by atoms with Crippen LogP contribution in [-0.4, -0.2) is 20.7 Å². The van der Waals surface area contributed by atoms with E-state index in [4.69, 9.17) is 0 Å². The van der Waals surface area contributed by atoms with Crippen molar-refractivity contribution in [3.05, 3.63) is 71.5 Å². The third kappa shape index (κ3) is 4.77. The van der Waals surface area contributed by atoms with E-state index in [1.165, 1.54) is 0 Å². The number of hydrogen-bond donors (Lipinski definition) is 1. The van der Waals surface area contributed by atoms with Gasteiger partial charge in [0.1, 0.15) is 6.33 Å². The summed E-state index contributed by atoms with van der Waals surface area (Å²) in [4.78, 5) is 12.6. The number of carbonyl (C=O) groups is 1. The second-order valence-corrected chi connectivity index (χ2v) is 8.15. The molecule has 0 fully saturated rings. The standard InChI is InChI=1S/C21H24N4OS/c1-14(2)16-7-5-9-18(11-16)20(26)23-19-10-6-8-17(12-19)15(3)27-21-24-22-13-25(21)4/h5-15H,1-4H3,(H,23,26)/t15-/m0/s1. The van der Waals surface area contributed by atoms with E-state index >= 15 is 0 Å². The van der Waals surface area contributed by atoms with E-state index in [1.807, 2.05) is 54.1 Å². The number of aromatic nitrogens is 3. The molecule has 0 bridgehead atoms. The molecule has 0 saturated heterocycles. The van der Waals surface area contributed by atoms with Gasteiger partial charge in [-0.1, -0.05) is 49.9 Å². The summed E-state index contributed by atoms with van der Waals surface area (Å²) < 4.78 is 1.90. The van der Waals surface area contributed by atoms with Gasteiger partial charge in [-0.2, -0.15) is 0 Å². The Morgan fingerprint density at radius 3 is 2.52 bits per heavy atom. The second kappa shape index (κ2) is 8.39. The number of nitrogens with zero attached hydrogens (tertiary/aromatic N) is 3. The molecular formula is C21H24N4OS. The molecule has 0 radical (unpaired) electrons. The van der Waals surface area contributed by atoms with Crippen molar-refractivity contribution in [3.63, 3.8) is 0 Å². The van der Waals surface area contributed by atoms with Crippen LogP contribution in [0.4, 0.5) is 5.69 Å². The average molecular weight is 381 g/mol. The van der Waals surface area contributed by atoms with Gasteiger partial charge in [-0.05, 0) is 48.2 Å². The number of anilines is 1. The lowest BCUT2D eigenvalue weighted by atomic mass is 10.0. The largest absolute Gasteiger partial charge is 0.322 e. The van der Waals surface area contributed by atoms with E-state index in [0.29, 0.717) is 11.5 Å². The van der Waals surface area contributed by atoms with Crippen LogP contribution in [0.2, 0.25) is 0 Å². The lowest BCUT2D eigenvalue weighted by molar-refractivity contribution is 0.102. The number of aryl methyl sites for hydroxylation is 1. The maximum Gasteiger partial charge on any atom is 0.255 e. The van der Waals surface area contributed by atoms with Crippen LogP contribution in [0.25, 0.3) is 0 Å². The van der Waals surface area contributed by atoms with Gasteiger partial charge in [0.2, 0.25) is 0 Å². The van der Waals surface area contributed by atoms with E-state index in [0.717, 1.165) is 22.0 Å². The summed E-state index contributed by atoms with van der Waals surface area (Å²) in [6, 6.07) is 15.7. The van der Waals surface area contributed by atoms with Crippen LogP contribution in [0.15, 0.2) is 60.0 Å². The smallest absolute Gasteiger partial charge is 0.255 e. The van der Waals surface area contributed by atoms with Crippen molar-refractivity contribution in [1.82, 2.24) is 14.8 Å². The summed E-state index contributed by atoms with van der Waals surface area (Å²) >= 11 is 1.64. The Kier molecular flexibility index (Phi) is 5.96. The number of thioether (sulfide) groups is 1. The molecule has 0 aliphatic carbocycles. The molecule has 27 heavy (non-hydrogen) atoms. The molecule has 3 aromatic rings. The third-order valence-electron chi connectivity index (χ3n) is 4.38. The molecule has 2 aromatic carbocycles. The molecule has 1 N–H and O–H groups in total. The normalized spacial score (nSPS) is 12.2. The SMILES string of the molecule is CC(C)c1cccc(C(=O)Nc2cccc([C@H](C)Sc3nncn3C)c2)c1. The number of nitrogens with one attached hydrogen (secondary N) is 1. The summed E-state index contributed by atoms with van der Waals surface area (Å²) in [7, 11) is 1.93. The van der Waals surface area contributed by atoms with Gasteiger partial charge in [-0.3, -0.25) is 4.79 Å². The molecule has 5 nitrogen and oxygen atoms in total. The van der Waals surface area contributed by atoms with Crippen LogP contribution in [0.1, 0.15) is 53.4 Å². The van der Waals surface area contributed by atoms with Gasteiger partial charge in [0.05, 0.1) is 0 Å². The Labute approximate surface area is 164 Å². The Balaban J connectivity index is 1.72. The van der Waals surface area contributed by atoms with Gasteiger partial charge < -0.3 is 9.88 Å². The molecule has 1 amide bonds. The minimum Gasteiger partial charge on any atom is -0.322 e. The Hall–Kier alpha value is -2.60. The van der Waals surface area contributed by atoms with E-state index < -0.39 is 0 Å². The Morgan fingerprint density at radius 2 is 1.81 bits per heavy atom. The summed E-state index contributed by atoms with van der Waals surface area (Å²) in [5.41, 5.74) is 3.74. The third-order valence-corrected chi connectivity index (χ3v) is 5.59. The van der Waals surface area contributed by atoms with Crippen molar-refractivity contribution in [2.45, 2.75) is 37.1 Å². The highest BCUT2D eigenvalue weighted by Gasteiger charge is 2.13. The fraction of sp³-hybridized carbons (Fsp3) is 0.286. The zero-order chi connectivity index (χ0) is 19.4. The maximum absolute atomic E-state index is 12.6. The topological polar surface area (TPSA) is 59.8 Å². The van der Waals surface area contributed by atoms with E-state index in [-0.39, 0.29) is 11.2 Å². The van der Waals surface area contributed by atoms with Crippen LogP contribution in [0.3, 0.4) is 0 Å². The molecule has 140 valence electrons. The highest BCUT2D eigenvalue weighted by Crippen LogP contribution is 2.34. The molecular weight excluding hydrogens is 356 g/mol. The fourth-order valence-electron chi connectivity index (χ4n) is 2.72. The molecule has 3 rings (SSSR count). The number of hydrogen-bond acceptors (Lipinski definition) is 4. The predicted octanol–water partition coefficient (Wildman–Crippen LogP) is 5.04. The van der Waals surface area contributed by atoms with Gasteiger partial charge in [-0.15, -0.1) is 10.2 Å². The van der Waals surface area contributed by atoms with E-state index in [2.05, 4.69) is 42.4 Å². The minimum absolute atomic E-state index is 0.0942. The Morgan fingerprint density at radius 1 is 1.07 bits per heavy atom. The first-order valence-electron chi connectivity index (χ1n) is 8.96. The second-order valence-electron chi connectivity index (χ2n) is 6.84. The van der Waals surface area contributed by atoms with Crippen molar-refractivity contribution in [2.24, 2.45) is 7.05 Å². The average Bonchev–Trinajstić information content (AvgIpc) is 3.06. The highest BCUT2D eigenvalue weighted by molar-refractivity contribution is 7.99. The molecule has 0 saturated carbocycles. The summed E-state index contributed by atoms with van der Waals surface area (Å²) in [5, 5.41) is 12.1. The van der Waals surface area contributed by atoms with E-state index in [1.54, 1.807) is 18.1 Å². The van der Waals surface area contributed by atoms with Crippen molar-refractivity contribution >= 4 is 23.4 Å². The first-order chi connectivity index (χ1) is 12.9. The van der Waals surface area contributed by atoms with E-state index in [9.17, 15) is 4.79 Å². The maximum atomic E-state index is 12.6. The number of carbonyl (C=O) groups excluding carboxylic acids is 1. The minimum atomic E-state index is -0.0942. The molecule has 6 heteroatoms. The van der Waals surface area contributed by atoms with Gasteiger partial charge in [0.25, 0.3) is 5.91 Å². The van der Waals surface area contributed by atoms with Crippen molar-refractivity contribution in [3.8, 4) is 0 Å². The lowest BCUT2D eigenvalue weighted by Gasteiger charge is -2.13. The summed E-state index contributed by atoms with van der Waals surface area (Å²) in [6.45, 7) is 6.36. The predicted molar refractivity (Wildman–Crippen MR) is 110 cm³/mol. The van der Waals surface area contributed by atoms with Gasteiger partial charge in [-0.25, -0.2) is 0 Å². The number of amides is 1. The fourth-order valence-corrected chi connectivity index (χ4v) is 3.62. The highest BCUT2D eigenvalue weighted by atomic mass is 32.2. The summed E-state index contributed by atoms with van der Waals surface area (Å²) in [6.07, 6.45) is 1.69. The first kappa shape index (κ1) is 19.2. The summed E-state index contributed by atoms with van der Waals surface area (Å²) in [5.74, 6) is 0.294. The quantitative estimate of drug-likeness (QED) is 0.608. The molecule has 0 aliphatic rings. The Bertz CT molecular complexity index is 935. The van der Waals surface area contributed by atoms with Gasteiger partial charge >= 0.3 is 0 Å². The molecule has 0 unspecified atom stereocenters. The first-order valence-corrected chi connectivity index (χ1v) is 9.84. The molecule has 0 spiro atoms.